The normalized spacial score (nSPS) is 21.1. The number of ether oxygens (including phenoxy) is 1. The molecule has 16 heavy (non-hydrogen) atoms. The van der Waals surface area contributed by atoms with Crippen molar-refractivity contribution in [1.82, 2.24) is 0 Å². The van der Waals surface area contributed by atoms with Crippen molar-refractivity contribution in [3.05, 3.63) is 11.3 Å². The van der Waals surface area contributed by atoms with Crippen LogP contribution in [0, 0.1) is 5.92 Å². The SMILES string of the molecule is COC(=O)C1=C(O)CC(CC(C)C)N=C1C. The Labute approximate surface area is 96.0 Å². The summed E-state index contributed by atoms with van der Waals surface area (Å²) >= 11 is 0. The number of hydrogen-bond acceptors (Lipinski definition) is 4. The molecule has 0 aromatic rings. The van der Waals surface area contributed by atoms with Crippen LogP contribution in [-0.2, 0) is 9.53 Å². The molecule has 4 nitrogen and oxygen atoms in total. The smallest absolute Gasteiger partial charge is 0.343 e. The molecule has 0 amide bonds. The highest BCUT2D eigenvalue weighted by Gasteiger charge is 2.26. The fourth-order valence-corrected chi connectivity index (χ4v) is 1.97. The first-order chi connectivity index (χ1) is 7.45. The van der Waals surface area contributed by atoms with Gasteiger partial charge in [0, 0.05) is 12.1 Å². The maximum atomic E-state index is 11.4. The Hall–Kier alpha value is -1.32. The largest absolute Gasteiger partial charge is 0.511 e. The van der Waals surface area contributed by atoms with Gasteiger partial charge in [0.2, 0.25) is 0 Å². The van der Waals surface area contributed by atoms with Crippen molar-refractivity contribution in [3.8, 4) is 0 Å². The molecule has 0 radical (unpaired) electrons. The predicted octanol–water partition coefficient (Wildman–Crippen LogP) is 2.25. The molecule has 1 N–H and O–H groups in total. The van der Waals surface area contributed by atoms with Gasteiger partial charge in [-0.15, -0.1) is 0 Å². The highest BCUT2D eigenvalue weighted by Crippen LogP contribution is 2.24. The molecular formula is C12H19NO3. The number of esters is 1. The third-order valence-electron chi connectivity index (χ3n) is 2.59. The van der Waals surface area contributed by atoms with Crippen LogP contribution in [0.5, 0.6) is 0 Å². The van der Waals surface area contributed by atoms with Crippen molar-refractivity contribution >= 4 is 11.7 Å². The van der Waals surface area contributed by atoms with Gasteiger partial charge in [-0.25, -0.2) is 4.79 Å². The highest BCUT2D eigenvalue weighted by atomic mass is 16.5. The summed E-state index contributed by atoms with van der Waals surface area (Å²) in [5, 5.41) is 9.82. The molecule has 0 spiro atoms. The van der Waals surface area contributed by atoms with Gasteiger partial charge in [-0.05, 0) is 19.3 Å². The van der Waals surface area contributed by atoms with Crippen molar-refractivity contribution in [2.24, 2.45) is 10.9 Å². The fourth-order valence-electron chi connectivity index (χ4n) is 1.97. The minimum atomic E-state index is -0.512. The summed E-state index contributed by atoms with van der Waals surface area (Å²) in [6, 6.07) is 0.0772. The van der Waals surface area contributed by atoms with Gasteiger partial charge in [0.1, 0.15) is 11.3 Å². The molecule has 0 bridgehead atoms. The average Bonchev–Trinajstić information content (AvgIpc) is 2.15. The van der Waals surface area contributed by atoms with Crippen LogP contribution in [-0.4, -0.2) is 29.9 Å². The van der Waals surface area contributed by atoms with E-state index in [9.17, 15) is 9.90 Å². The number of hydrogen-bond donors (Lipinski definition) is 1. The molecule has 1 heterocycles. The second-order valence-electron chi connectivity index (χ2n) is 4.52. The van der Waals surface area contributed by atoms with E-state index in [1.165, 1.54) is 7.11 Å². The second-order valence-corrected chi connectivity index (χ2v) is 4.52. The molecule has 4 heteroatoms. The zero-order valence-electron chi connectivity index (χ0n) is 10.3. The summed E-state index contributed by atoms with van der Waals surface area (Å²) in [6.45, 7) is 5.96. The third-order valence-corrected chi connectivity index (χ3v) is 2.59. The topological polar surface area (TPSA) is 58.9 Å². The molecular weight excluding hydrogens is 206 g/mol. The first-order valence-electron chi connectivity index (χ1n) is 5.50. The molecule has 0 aromatic heterocycles. The van der Waals surface area contributed by atoms with Gasteiger partial charge in [0.25, 0.3) is 0 Å². The van der Waals surface area contributed by atoms with E-state index < -0.39 is 5.97 Å². The Morgan fingerprint density at radius 1 is 1.62 bits per heavy atom. The number of carbonyl (C=O) groups excluding carboxylic acids is 1. The van der Waals surface area contributed by atoms with Crippen LogP contribution in [0.3, 0.4) is 0 Å². The number of nitrogens with zero attached hydrogens (tertiary/aromatic N) is 1. The van der Waals surface area contributed by atoms with Gasteiger partial charge >= 0.3 is 5.97 Å². The average molecular weight is 225 g/mol. The quantitative estimate of drug-likeness (QED) is 0.749. The van der Waals surface area contributed by atoms with Gasteiger partial charge in [-0.2, -0.15) is 0 Å². The van der Waals surface area contributed by atoms with E-state index in [1.54, 1.807) is 6.92 Å². The van der Waals surface area contributed by atoms with Gasteiger partial charge in [0.15, 0.2) is 0 Å². The van der Waals surface area contributed by atoms with Crippen molar-refractivity contribution in [3.63, 3.8) is 0 Å². The lowest BCUT2D eigenvalue weighted by molar-refractivity contribution is -0.135. The van der Waals surface area contributed by atoms with E-state index in [0.29, 0.717) is 18.1 Å². The minimum absolute atomic E-state index is 0.0772. The number of rotatable bonds is 3. The maximum Gasteiger partial charge on any atom is 0.343 e. The van der Waals surface area contributed by atoms with Crippen molar-refractivity contribution < 1.29 is 14.6 Å². The predicted molar refractivity (Wildman–Crippen MR) is 62.6 cm³/mol. The van der Waals surface area contributed by atoms with Crippen LogP contribution in [0.25, 0.3) is 0 Å². The lowest BCUT2D eigenvalue weighted by Gasteiger charge is -2.22. The first-order valence-corrected chi connectivity index (χ1v) is 5.50. The van der Waals surface area contributed by atoms with Crippen molar-refractivity contribution in [2.45, 2.75) is 39.7 Å². The molecule has 90 valence electrons. The number of aliphatic imine (C=N–C) groups is 1. The summed E-state index contributed by atoms with van der Waals surface area (Å²) in [5.74, 6) is 0.112. The zero-order valence-corrected chi connectivity index (χ0v) is 10.3. The van der Waals surface area contributed by atoms with Gasteiger partial charge in [-0.1, -0.05) is 13.8 Å². The lowest BCUT2D eigenvalue weighted by Crippen LogP contribution is -2.24. The van der Waals surface area contributed by atoms with Crippen LogP contribution in [0.15, 0.2) is 16.3 Å². The standard InChI is InChI=1S/C12H19NO3/c1-7(2)5-9-6-10(14)11(8(3)13-9)12(15)16-4/h7,9,14H,5-6H2,1-4H3. The fraction of sp³-hybridized carbons (Fsp3) is 0.667. The summed E-state index contributed by atoms with van der Waals surface area (Å²) in [6.07, 6.45) is 1.34. The molecule has 0 aliphatic carbocycles. The summed E-state index contributed by atoms with van der Waals surface area (Å²) in [5.41, 5.74) is 0.795. The number of carbonyl (C=O) groups is 1. The molecule has 1 aliphatic rings. The molecule has 1 atom stereocenters. The van der Waals surface area contributed by atoms with E-state index in [0.717, 1.165) is 6.42 Å². The van der Waals surface area contributed by atoms with E-state index in [1.807, 2.05) is 0 Å². The number of methoxy groups -OCH3 is 1. The summed E-state index contributed by atoms with van der Waals surface area (Å²) in [4.78, 5) is 15.8. The van der Waals surface area contributed by atoms with E-state index >= 15 is 0 Å². The highest BCUT2D eigenvalue weighted by molar-refractivity contribution is 6.19. The Morgan fingerprint density at radius 3 is 2.69 bits per heavy atom. The molecule has 0 saturated carbocycles. The lowest BCUT2D eigenvalue weighted by atomic mass is 9.95. The van der Waals surface area contributed by atoms with Crippen LogP contribution in [0.2, 0.25) is 0 Å². The van der Waals surface area contributed by atoms with Gasteiger partial charge < -0.3 is 9.84 Å². The van der Waals surface area contributed by atoms with Gasteiger partial charge in [-0.3, -0.25) is 4.99 Å². The minimum Gasteiger partial charge on any atom is -0.511 e. The van der Waals surface area contributed by atoms with Crippen molar-refractivity contribution in [2.75, 3.05) is 7.11 Å². The number of aliphatic hydroxyl groups excluding tert-OH is 1. The van der Waals surface area contributed by atoms with Gasteiger partial charge in [0.05, 0.1) is 13.2 Å². The third kappa shape index (κ3) is 2.84. The first kappa shape index (κ1) is 12.7. The molecule has 1 rings (SSSR count). The second kappa shape index (κ2) is 5.14. The van der Waals surface area contributed by atoms with Crippen LogP contribution < -0.4 is 0 Å². The molecule has 0 aromatic carbocycles. The van der Waals surface area contributed by atoms with E-state index in [4.69, 9.17) is 0 Å². The summed E-state index contributed by atoms with van der Waals surface area (Å²) in [7, 11) is 1.30. The summed E-state index contributed by atoms with van der Waals surface area (Å²) < 4.78 is 4.61. The van der Waals surface area contributed by atoms with Crippen LogP contribution in [0.4, 0.5) is 0 Å². The van der Waals surface area contributed by atoms with Crippen molar-refractivity contribution in [1.29, 1.82) is 0 Å². The van der Waals surface area contributed by atoms with E-state index in [-0.39, 0.29) is 17.4 Å². The Morgan fingerprint density at radius 2 is 2.25 bits per heavy atom. The molecule has 0 fully saturated rings. The Kier molecular flexibility index (Phi) is 4.10. The zero-order chi connectivity index (χ0) is 12.3. The molecule has 0 saturated heterocycles. The Balaban J connectivity index is 2.85. The van der Waals surface area contributed by atoms with E-state index in [2.05, 4.69) is 23.6 Å². The number of aliphatic hydroxyl groups is 1. The maximum absolute atomic E-state index is 11.4. The Bertz CT molecular complexity index is 342. The molecule has 1 aliphatic heterocycles. The number of dihydropyridines is 1. The molecule has 1 unspecified atom stereocenters. The van der Waals surface area contributed by atoms with Crippen LogP contribution in [0.1, 0.15) is 33.6 Å². The van der Waals surface area contributed by atoms with Crippen LogP contribution >= 0.6 is 0 Å². The monoisotopic (exact) mass is 225 g/mol.